The van der Waals surface area contributed by atoms with E-state index in [4.69, 9.17) is 0 Å². The van der Waals surface area contributed by atoms with E-state index in [-0.39, 0.29) is 11.4 Å². The van der Waals surface area contributed by atoms with Crippen LogP contribution in [-0.2, 0) is 6.18 Å². The summed E-state index contributed by atoms with van der Waals surface area (Å²) in [6.07, 6.45) is -3.40. The highest BCUT2D eigenvalue weighted by Gasteiger charge is 2.34. The highest BCUT2D eigenvalue weighted by atomic mass is 19.4. The number of benzene rings is 2. The molecule has 0 aliphatic carbocycles. The van der Waals surface area contributed by atoms with E-state index in [0.29, 0.717) is 5.82 Å². The van der Waals surface area contributed by atoms with Crippen LogP contribution in [0.1, 0.15) is 34.8 Å². The molecule has 1 unspecified atom stereocenters. The van der Waals surface area contributed by atoms with Crippen LogP contribution < -0.4 is 5.32 Å². The van der Waals surface area contributed by atoms with Crippen LogP contribution in [0.3, 0.4) is 0 Å². The Hall–Kier alpha value is -3.69. The van der Waals surface area contributed by atoms with Gasteiger partial charge in [0.25, 0.3) is 5.91 Å². The zero-order valence-corrected chi connectivity index (χ0v) is 15.1. The first-order chi connectivity index (χ1) is 13.8. The zero-order valence-electron chi connectivity index (χ0n) is 15.1. The Morgan fingerprint density at radius 2 is 1.86 bits per heavy atom. The van der Waals surface area contributed by atoms with Crippen molar-refractivity contribution in [3.05, 3.63) is 71.8 Å². The number of imidazole rings is 1. The molecular weight excluding hydrogens is 385 g/mol. The number of H-pyrrole nitrogens is 1. The number of aromatic nitrogens is 5. The van der Waals surface area contributed by atoms with E-state index < -0.39 is 23.7 Å². The fourth-order valence-electron chi connectivity index (χ4n) is 2.92. The van der Waals surface area contributed by atoms with Crippen molar-refractivity contribution in [1.82, 2.24) is 30.3 Å². The monoisotopic (exact) mass is 400 g/mol. The number of hydrogen-bond donors (Lipinski definition) is 2. The maximum atomic E-state index is 13.2. The molecule has 1 atom stereocenters. The van der Waals surface area contributed by atoms with Crippen LogP contribution in [0, 0.1) is 0 Å². The molecule has 10 heteroatoms. The topological polar surface area (TPSA) is 88.5 Å². The lowest BCUT2D eigenvalue weighted by Crippen LogP contribution is -2.27. The van der Waals surface area contributed by atoms with Gasteiger partial charge in [0.2, 0.25) is 0 Å². The molecule has 0 radical (unpaired) electrons. The summed E-state index contributed by atoms with van der Waals surface area (Å²) >= 11 is 0. The molecule has 0 aliphatic heterocycles. The van der Waals surface area contributed by atoms with Crippen molar-refractivity contribution in [1.29, 1.82) is 0 Å². The number of hydrogen-bond acceptors (Lipinski definition) is 4. The van der Waals surface area contributed by atoms with Crippen molar-refractivity contribution >= 4 is 16.9 Å². The van der Waals surface area contributed by atoms with Gasteiger partial charge in [-0.2, -0.15) is 13.2 Å². The van der Waals surface area contributed by atoms with Gasteiger partial charge in [-0.05, 0) is 31.2 Å². The molecule has 2 aromatic carbocycles. The van der Waals surface area contributed by atoms with E-state index in [1.165, 1.54) is 18.2 Å². The lowest BCUT2D eigenvalue weighted by molar-refractivity contribution is -0.137. The predicted molar refractivity (Wildman–Crippen MR) is 98.3 cm³/mol. The van der Waals surface area contributed by atoms with Crippen LogP contribution in [-0.4, -0.2) is 30.9 Å². The van der Waals surface area contributed by atoms with E-state index in [1.54, 1.807) is 6.92 Å². The molecule has 2 aromatic heterocycles. The maximum absolute atomic E-state index is 13.2. The summed E-state index contributed by atoms with van der Waals surface area (Å²) in [7, 11) is 0. The van der Waals surface area contributed by atoms with Crippen molar-refractivity contribution in [2.45, 2.75) is 19.1 Å². The summed E-state index contributed by atoms with van der Waals surface area (Å²) in [5.41, 5.74) is 0.408. The highest BCUT2D eigenvalue weighted by molar-refractivity contribution is 5.92. The summed E-state index contributed by atoms with van der Waals surface area (Å²) in [6, 6.07) is 11.9. The van der Waals surface area contributed by atoms with Crippen molar-refractivity contribution in [2.75, 3.05) is 0 Å². The molecular formula is C19H15F3N6O. The molecule has 4 aromatic rings. The minimum Gasteiger partial charge on any atom is -0.341 e. The van der Waals surface area contributed by atoms with Gasteiger partial charge in [-0.1, -0.05) is 29.5 Å². The number of rotatable bonds is 4. The van der Waals surface area contributed by atoms with E-state index >= 15 is 0 Å². The van der Waals surface area contributed by atoms with E-state index in [9.17, 15) is 18.0 Å². The first kappa shape index (κ1) is 18.7. The molecule has 7 nitrogen and oxygen atoms in total. The van der Waals surface area contributed by atoms with Gasteiger partial charge in [0.1, 0.15) is 5.82 Å². The Morgan fingerprint density at radius 3 is 2.62 bits per heavy atom. The third-order valence-electron chi connectivity index (χ3n) is 4.35. The van der Waals surface area contributed by atoms with E-state index in [0.717, 1.165) is 28.0 Å². The van der Waals surface area contributed by atoms with Crippen molar-refractivity contribution in [3.8, 4) is 5.69 Å². The number of para-hydroxylation sites is 3. The van der Waals surface area contributed by atoms with Gasteiger partial charge in [-0.25, -0.2) is 9.67 Å². The number of alkyl halides is 3. The van der Waals surface area contributed by atoms with Gasteiger partial charge in [-0.3, -0.25) is 4.79 Å². The number of fused-ring (bicyclic) bond motifs is 1. The lowest BCUT2D eigenvalue weighted by Gasteiger charge is -2.11. The molecule has 148 valence electrons. The second-order valence-corrected chi connectivity index (χ2v) is 6.40. The molecule has 1 amide bonds. The molecule has 0 fully saturated rings. The fourth-order valence-corrected chi connectivity index (χ4v) is 2.92. The van der Waals surface area contributed by atoms with Gasteiger partial charge in [-0.15, -0.1) is 5.10 Å². The van der Waals surface area contributed by atoms with Gasteiger partial charge in [0.15, 0.2) is 5.69 Å². The number of nitrogens with zero attached hydrogens (tertiary/aromatic N) is 4. The van der Waals surface area contributed by atoms with Crippen LogP contribution in [0.4, 0.5) is 13.2 Å². The van der Waals surface area contributed by atoms with Gasteiger partial charge >= 0.3 is 6.18 Å². The molecule has 2 N–H and O–H groups in total. The maximum Gasteiger partial charge on any atom is 0.418 e. The lowest BCUT2D eigenvalue weighted by atomic mass is 10.1. The molecule has 4 rings (SSSR count). The van der Waals surface area contributed by atoms with Crippen LogP contribution in [0.15, 0.2) is 54.7 Å². The Labute approximate surface area is 162 Å². The normalized spacial score (nSPS) is 12.8. The van der Waals surface area contributed by atoms with Crippen LogP contribution in [0.2, 0.25) is 0 Å². The standard InChI is InChI=1S/C19H15F3N6O/c1-11(17-24-13-7-3-4-8-14(13)25-17)23-18(29)15-10-28(27-26-15)16-9-5-2-6-12(16)19(20,21)22/h2-11H,1H3,(H,23,29)(H,24,25). The smallest absolute Gasteiger partial charge is 0.341 e. The van der Waals surface area contributed by atoms with E-state index in [2.05, 4.69) is 25.6 Å². The highest BCUT2D eigenvalue weighted by Crippen LogP contribution is 2.33. The van der Waals surface area contributed by atoms with Crippen LogP contribution in [0.25, 0.3) is 16.7 Å². The molecule has 2 heterocycles. The summed E-state index contributed by atoms with van der Waals surface area (Å²) < 4.78 is 40.5. The van der Waals surface area contributed by atoms with Gasteiger partial charge in [0, 0.05) is 0 Å². The Morgan fingerprint density at radius 1 is 1.14 bits per heavy atom. The van der Waals surface area contributed by atoms with Crippen LogP contribution >= 0.6 is 0 Å². The first-order valence-corrected chi connectivity index (χ1v) is 8.67. The second-order valence-electron chi connectivity index (χ2n) is 6.40. The van der Waals surface area contributed by atoms with Crippen molar-refractivity contribution in [2.24, 2.45) is 0 Å². The number of nitrogens with one attached hydrogen (secondary N) is 2. The molecule has 0 aliphatic rings. The number of aromatic amines is 1. The predicted octanol–water partition coefficient (Wildman–Crippen LogP) is 3.65. The summed E-state index contributed by atoms with van der Waals surface area (Å²) in [5.74, 6) is -0.0249. The Bertz CT molecular complexity index is 1150. The largest absolute Gasteiger partial charge is 0.418 e. The molecule has 0 saturated heterocycles. The first-order valence-electron chi connectivity index (χ1n) is 8.67. The van der Waals surface area contributed by atoms with Crippen molar-refractivity contribution < 1.29 is 18.0 Å². The third-order valence-corrected chi connectivity index (χ3v) is 4.35. The summed E-state index contributed by atoms with van der Waals surface area (Å²) in [4.78, 5) is 20.0. The Kier molecular flexibility index (Phi) is 4.53. The van der Waals surface area contributed by atoms with Crippen molar-refractivity contribution in [3.63, 3.8) is 0 Å². The third kappa shape index (κ3) is 3.68. The fraction of sp³-hybridized carbons (Fsp3) is 0.158. The average Bonchev–Trinajstić information content (AvgIpc) is 3.34. The molecule has 0 spiro atoms. The van der Waals surface area contributed by atoms with Gasteiger partial charge < -0.3 is 10.3 Å². The molecule has 0 bridgehead atoms. The number of halogens is 3. The Balaban J connectivity index is 1.55. The number of carbonyl (C=O) groups is 1. The minimum absolute atomic E-state index is 0.107. The number of carbonyl (C=O) groups excluding carboxylic acids is 1. The minimum atomic E-state index is -4.55. The average molecular weight is 400 g/mol. The SMILES string of the molecule is CC(NC(=O)c1cn(-c2ccccc2C(F)(F)F)nn1)c1nc2ccccc2[nH]1. The summed E-state index contributed by atoms with van der Waals surface area (Å²) in [6.45, 7) is 1.74. The van der Waals surface area contributed by atoms with E-state index in [1.807, 2.05) is 24.3 Å². The number of amides is 1. The second kappa shape index (κ2) is 7.04. The van der Waals surface area contributed by atoms with Gasteiger partial charge in [0.05, 0.1) is 34.5 Å². The van der Waals surface area contributed by atoms with Crippen LogP contribution in [0.5, 0.6) is 0 Å². The molecule has 0 saturated carbocycles. The molecule has 29 heavy (non-hydrogen) atoms. The zero-order chi connectivity index (χ0) is 20.6. The quantitative estimate of drug-likeness (QED) is 0.547. The summed E-state index contributed by atoms with van der Waals surface area (Å²) in [5, 5.41) is 10.1.